The van der Waals surface area contributed by atoms with Crippen molar-refractivity contribution in [2.75, 3.05) is 5.32 Å². The van der Waals surface area contributed by atoms with Gasteiger partial charge in [-0.1, -0.05) is 11.6 Å². The molecule has 1 amide bonds. The van der Waals surface area contributed by atoms with Gasteiger partial charge in [0.05, 0.1) is 17.4 Å². The summed E-state index contributed by atoms with van der Waals surface area (Å²) in [6, 6.07) is 10.3. The predicted molar refractivity (Wildman–Crippen MR) is 116 cm³/mol. The van der Waals surface area contributed by atoms with Crippen molar-refractivity contribution < 1.29 is 9.18 Å². The molecule has 154 valence electrons. The number of anilines is 1. The molecule has 4 nitrogen and oxygen atoms in total. The van der Waals surface area contributed by atoms with Crippen molar-refractivity contribution in [3.05, 3.63) is 65.3 Å². The molecule has 2 saturated carbocycles. The molecule has 1 unspecified atom stereocenters. The second-order valence-corrected chi connectivity index (χ2v) is 9.10. The van der Waals surface area contributed by atoms with Crippen molar-refractivity contribution in [2.45, 2.75) is 38.0 Å². The Morgan fingerprint density at radius 1 is 1.07 bits per heavy atom. The van der Waals surface area contributed by atoms with Crippen molar-refractivity contribution in [1.82, 2.24) is 9.97 Å². The van der Waals surface area contributed by atoms with Crippen LogP contribution < -0.4 is 5.32 Å². The van der Waals surface area contributed by atoms with Crippen LogP contribution >= 0.6 is 11.6 Å². The summed E-state index contributed by atoms with van der Waals surface area (Å²) in [5, 5.41) is 4.27. The molecule has 0 radical (unpaired) electrons. The number of carbonyl (C=O) groups is 1. The Morgan fingerprint density at radius 3 is 2.60 bits per heavy atom. The minimum atomic E-state index is -0.211. The summed E-state index contributed by atoms with van der Waals surface area (Å²) in [5.74, 6) is 1.98. The van der Waals surface area contributed by atoms with Crippen molar-refractivity contribution in [1.29, 1.82) is 0 Å². The van der Waals surface area contributed by atoms with Crippen molar-refractivity contribution >= 4 is 34.1 Å². The van der Waals surface area contributed by atoms with Crippen LogP contribution in [0.5, 0.6) is 0 Å². The highest BCUT2D eigenvalue weighted by Gasteiger charge is 2.42. The normalized spacial score (nSPS) is 25.4. The van der Waals surface area contributed by atoms with Crippen LogP contribution in [0.4, 0.5) is 10.1 Å². The number of benzene rings is 1. The van der Waals surface area contributed by atoms with Gasteiger partial charge in [-0.25, -0.2) is 9.37 Å². The molecule has 6 heteroatoms. The monoisotopic (exact) mass is 423 g/mol. The number of hydrogen-bond acceptors (Lipinski definition) is 3. The molecule has 0 saturated heterocycles. The van der Waals surface area contributed by atoms with Gasteiger partial charge in [0.1, 0.15) is 11.0 Å². The predicted octanol–water partition coefficient (Wildman–Crippen LogP) is 5.97. The van der Waals surface area contributed by atoms with Crippen molar-refractivity contribution in [3.63, 3.8) is 0 Å². The Labute approximate surface area is 179 Å². The number of fused-ring (bicyclic) bond motifs is 2. The number of nitrogens with zero attached hydrogens (tertiary/aromatic N) is 2. The van der Waals surface area contributed by atoms with E-state index in [1.54, 1.807) is 30.5 Å². The van der Waals surface area contributed by atoms with Gasteiger partial charge in [-0.05, 0) is 91.3 Å². The highest BCUT2D eigenvalue weighted by atomic mass is 35.5. The zero-order valence-corrected chi connectivity index (χ0v) is 17.3. The first-order chi connectivity index (χ1) is 14.5. The summed E-state index contributed by atoms with van der Waals surface area (Å²) in [7, 11) is 0. The van der Waals surface area contributed by atoms with Crippen LogP contribution in [0.25, 0.3) is 10.9 Å². The number of nitrogens with one attached hydrogen (secondary N) is 1. The maximum absolute atomic E-state index is 13.8. The Kier molecular flexibility index (Phi) is 5.15. The van der Waals surface area contributed by atoms with Gasteiger partial charge in [-0.3, -0.25) is 9.78 Å². The molecular formula is C24H23ClFN3O. The maximum Gasteiger partial charge on any atom is 0.224 e. The van der Waals surface area contributed by atoms with Crippen molar-refractivity contribution in [2.24, 2.45) is 17.8 Å². The quantitative estimate of drug-likeness (QED) is 0.526. The minimum Gasteiger partial charge on any atom is -0.325 e. The SMILES string of the molecule is O=C(C[C@@H]1C[C@H]2CC(c3ccnc4ccc(F)cc34)C[C@H]2C1)Nc1ccc(Cl)nc1. The summed E-state index contributed by atoms with van der Waals surface area (Å²) in [5.41, 5.74) is 2.76. The second-order valence-electron chi connectivity index (χ2n) is 8.71. The number of aromatic nitrogens is 2. The number of carbonyl (C=O) groups excluding carboxylic acids is 1. The van der Waals surface area contributed by atoms with Crippen LogP contribution in [0.1, 0.15) is 43.6 Å². The number of hydrogen-bond donors (Lipinski definition) is 1. The van der Waals surface area contributed by atoms with E-state index in [-0.39, 0.29) is 11.7 Å². The Morgan fingerprint density at radius 2 is 1.87 bits per heavy atom. The lowest BCUT2D eigenvalue weighted by Crippen LogP contribution is -2.16. The number of halogens is 2. The van der Waals surface area contributed by atoms with Gasteiger partial charge in [0.15, 0.2) is 0 Å². The lowest BCUT2D eigenvalue weighted by atomic mass is 9.89. The molecule has 2 aliphatic rings. The highest BCUT2D eigenvalue weighted by molar-refractivity contribution is 6.29. The van der Waals surface area contributed by atoms with Gasteiger partial charge < -0.3 is 5.32 Å². The first-order valence-corrected chi connectivity index (χ1v) is 10.9. The second kappa shape index (κ2) is 7.95. The zero-order valence-electron chi connectivity index (χ0n) is 16.5. The van der Waals surface area contributed by atoms with E-state index < -0.39 is 0 Å². The molecule has 5 rings (SSSR count). The fraction of sp³-hybridized carbons (Fsp3) is 0.375. The first kappa shape index (κ1) is 19.4. The van der Waals surface area contributed by atoms with Gasteiger partial charge in [0.2, 0.25) is 5.91 Å². The molecule has 0 bridgehead atoms. The molecule has 2 heterocycles. The van der Waals surface area contributed by atoms with Gasteiger partial charge in [-0.2, -0.15) is 0 Å². The van der Waals surface area contributed by atoms with E-state index in [1.807, 2.05) is 6.20 Å². The maximum atomic E-state index is 13.8. The number of rotatable bonds is 4. The first-order valence-electron chi connectivity index (χ1n) is 10.5. The molecule has 0 spiro atoms. The molecule has 1 N–H and O–H groups in total. The molecular weight excluding hydrogens is 401 g/mol. The summed E-state index contributed by atoms with van der Waals surface area (Å²) in [6.45, 7) is 0. The van der Waals surface area contributed by atoms with Gasteiger partial charge >= 0.3 is 0 Å². The van der Waals surface area contributed by atoms with Crippen LogP contribution in [-0.4, -0.2) is 15.9 Å². The molecule has 30 heavy (non-hydrogen) atoms. The third-order valence-corrected chi connectivity index (χ3v) is 7.00. The lowest BCUT2D eigenvalue weighted by molar-refractivity contribution is -0.117. The largest absolute Gasteiger partial charge is 0.325 e. The zero-order chi connectivity index (χ0) is 20.7. The molecule has 1 aromatic carbocycles. The molecule has 4 atom stereocenters. The van der Waals surface area contributed by atoms with E-state index in [2.05, 4.69) is 21.4 Å². The molecule has 2 aliphatic carbocycles. The lowest BCUT2D eigenvalue weighted by Gasteiger charge is -2.17. The minimum absolute atomic E-state index is 0.0382. The average molecular weight is 424 g/mol. The topological polar surface area (TPSA) is 54.9 Å². The van der Waals surface area contributed by atoms with E-state index in [0.717, 1.165) is 36.6 Å². The third-order valence-electron chi connectivity index (χ3n) is 6.78. The van der Waals surface area contributed by atoms with Crippen LogP contribution in [0.15, 0.2) is 48.8 Å². The smallest absolute Gasteiger partial charge is 0.224 e. The highest BCUT2D eigenvalue weighted by Crippen LogP contribution is 2.53. The van der Waals surface area contributed by atoms with Crippen LogP contribution in [0.3, 0.4) is 0 Å². The molecule has 0 aliphatic heterocycles. The summed E-state index contributed by atoms with van der Waals surface area (Å²) >= 11 is 5.79. The number of pyridine rings is 2. The fourth-order valence-electron chi connectivity index (χ4n) is 5.58. The van der Waals surface area contributed by atoms with Crippen LogP contribution in [-0.2, 0) is 4.79 Å². The molecule has 3 aromatic rings. The Bertz CT molecular complexity index is 1070. The van der Waals surface area contributed by atoms with Gasteiger partial charge in [-0.15, -0.1) is 0 Å². The van der Waals surface area contributed by atoms with E-state index in [9.17, 15) is 9.18 Å². The summed E-state index contributed by atoms with van der Waals surface area (Å²) in [6.07, 6.45) is 8.36. The third kappa shape index (κ3) is 3.91. The average Bonchev–Trinajstić information content (AvgIpc) is 3.27. The van der Waals surface area contributed by atoms with Crippen molar-refractivity contribution in [3.8, 4) is 0 Å². The molecule has 2 fully saturated rings. The fourth-order valence-corrected chi connectivity index (χ4v) is 5.69. The van der Waals surface area contributed by atoms with E-state index in [4.69, 9.17) is 11.6 Å². The van der Waals surface area contributed by atoms with E-state index in [0.29, 0.717) is 40.9 Å². The van der Waals surface area contributed by atoms with Crippen LogP contribution in [0, 0.1) is 23.6 Å². The summed E-state index contributed by atoms with van der Waals surface area (Å²) in [4.78, 5) is 20.8. The Balaban J connectivity index is 1.21. The number of amides is 1. The van der Waals surface area contributed by atoms with E-state index >= 15 is 0 Å². The van der Waals surface area contributed by atoms with Gasteiger partial charge in [0, 0.05) is 18.0 Å². The van der Waals surface area contributed by atoms with Gasteiger partial charge in [0.25, 0.3) is 0 Å². The Hall–Kier alpha value is -2.53. The van der Waals surface area contributed by atoms with Crippen LogP contribution in [0.2, 0.25) is 5.15 Å². The van der Waals surface area contributed by atoms with E-state index in [1.165, 1.54) is 11.6 Å². The molecule has 2 aromatic heterocycles. The standard InChI is InChI=1S/C24H23ClFN3O/c25-23-4-2-19(13-28-23)29-24(30)9-14-7-15-10-17(11-16(15)8-14)20-5-6-27-22-3-1-18(26)12-21(20)22/h1-6,12-17H,7-11H2,(H,29,30)/t14-,15+,16-,17?. The summed E-state index contributed by atoms with van der Waals surface area (Å²) < 4.78 is 13.8.